The molecule has 216 valence electrons. The fourth-order valence-corrected chi connectivity index (χ4v) is 5.25. The van der Waals surface area contributed by atoms with Crippen molar-refractivity contribution in [2.45, 2.75) is 70.3 Å². The Hall–Kier alpha value is -2.63. The Morgan fingerprint density at radius 2 is 1.12 bits per heavy atom. The molecule has 0 radical (unpaired) electrons. The molecule has 0 spiro atoms. The Labute approximate surface area is 236 Å². The number of rotatable bonds is 15. The summed E-state index contributed by atoms with van der Waals surface area (Å²) in [5, 5.41) is 0. The van der Waals surface area contributed by atoms with Gasteiger partial charge in [-0.05, 0) is 23.1 Å². The molecular formula is C31H38O8S. The molecule has 8 nitrogen and oxygen atoms in total. The topological polar surface area (TPSA) is 101 Å². The van der Waals surface area contributed by atoms with Crippen LogP contribution in [0.3, 0.4) is 0 Å². The highest BCUT2D eigenvalue weighted by Crippen LogP contribution is 2.32. The van der Waals surface area contributed by atoms with Crippen LogP contribution in [0.2, 0.25) is 0 Å². The van der Waals surface area contributed by atoms with E-state index in [1.54, 1.807) is 0 Å². The van der Waals surface area contributed by atoms with Crippen LogP contribution in [-0.2, 0) is 53.6 Å². The molecule has 3 aromatic rings. The van der Waals surface area contributed by atoms with Crippen LogP contribution in [0.25, 0.3) is 0 Å². The lowest BCUT2D eigenvalue weighted by molar-refractivity contribution is -0.319. The summed E-state index contributed by atoms with van der Waals surface area (Å²) in [6.07, 6.45) is -2.66. The van der Waals surface area contributed by atoms with Gasteiger partial charge in [0.25, 0.3) is 10.1 Å². The van der Waals surface area contributed by atoms with Crippen molar-refractivity contribution in [3.8, 4) is 0 Å². The minimum atomic E-state index is -4.41. The van der Waals surface area contributed by atoms with Crippen molar-refractivity contribution in [3.05, 3.63) is 108 Å². The molecule has 9 heteroatoms. The van der Waals surface area contributed by atoms with E-state index in [0.717, 1.165) is 29.5 Å². The predicted molar refractivity (Wildman–Crippen MR) is 151 cm³/mol. The predicted octanol–water partition coefficient (Wildman–Crippen LogP) is 5.17. The first-order valence-electron chi connectivity index (χ1n) is 13.6. The van der Waals surface area contributed by atoms with E-state index < -0.39 is 46.6 Å². The van der Waals surface area contributed by atoms with Gasteiger partial charge in [-0.1, -0.05) is 104 Å². The molecule has 3 aromatic carbocycles. The second-order valence-corrected chi connectivity index (χ2v) is 11.3. The van der Waals surface area contributed by atoms with E-state index >= 15 is 0 Å². The van der Waals surface area contributed by atoms with Crippen LogP contribution in [0.15, 0.2) is 91.0 Å². The molecule has 4 rings (SSSR count). The zero-order chi connectivity index (χ0) is 28.2. The lowest BCUT2D eigenvalue weighted by Gasteiger charge is -2.45. The van der Waals surface area contributed by atoms with Crippen molar-refractivity contribution >= 4 is 10.1 Å². The summed E-state index contributed by atoms with van der Waals surface area (Å²) in [6.45, 7) is 3.14. The van der Waals surface area contributed by atoms with Gasteiger partial charge in [0.1, 0.15) is 30.2 Å². The van der Waals surface area contributed by atoms with Crippen molar-refractivity contribution in [2.75, 3.05) is 12.4 Å². The Bertz CT molecular complexity index is 1220. The van der Waals surface area contributed by atoms with Gasteiger partial charge >= 0.3 is 0 Å². The van der Waals surface area contributed by atoms with Crippen LogP contribution in [0, 0.1) is 0 Å². The minimum absolute atomic E-state index is 0.189. The molecule has 0 aromatic heterocycles. The third-order valence-electron chi connectivity index (χ3n) is 6.60. The van der Waals surface area contributed by atoms with Crippen molar-refractivity contribution in [1.82, 2.24) is 0 Å². The Morgan fingerprint density at radius 1 is 0.675 bits per heavy atom. The highest BCUT2D eigenvalue weighted by molar-refractivity contribution is 7.85. The first-order valence-corrected chi connectivity index (χ1v) is 15.2. The maximum absolute atomic E-state index is 12.1. The molecule has 0 aliphatic carbocycles. The average Bonchev–Trinajstić information content (AvgIpc) is 2.96. The number of benzene rings is 3. The molecule has 1 fully saturated rings. The molecule has 1 aliphatic rings. The minimum Gasteiger partial charge on any atom is -0.368 e. The summed E-state index contributed by atoms with van der Waals surface area (Å²) in [4.78, 5) is 0. The van der Waals surface area contributed by atoms with E-state index in [2.05, 4.69) is 6.92 Å². The number of ether oxygens (including phenoxy) is 5. The smallest absolute Gasteiger partial charge is 0.267 e. The van der Waals surface area contributed by atoms with E-state index in [4.69, 9.17) is 23.7 Å². The molecule has 1 aliphatic heterocycles. The Balaban J connectivity index is 1.66. The first-order chi connectivity index (χ1) is 19.4. The highest BCUT2D eigenvalue weighted by Gasteiger charge is 2.50. The lowest BCUT2D eigenvalue weighted by atomic mass is 9.98. The Kier molecular flexibility index (Phi) is 11.7. The fourth-order valence-electron chi connectivity index (χ4n) is 4.57. The molecule has 1 N–H and O–H groups in total. The van der Waals surface area contributed by atoms with Gasteiger partial charge in [0.05, 0.1) is 19.8 Å². The second kappa shape index (κ2) is 15.4. The van der Waals surface area contributed by atoms with Crippen LogP contribution < -0.4 is 0 Å². The van der Waals surface area contributed by atoms with Crippen molar-refractivity contribution in [3.63, 3.8) is 0 Å². The quantitative estimate of drug-likeness (QED) is 0.197. The summed E-state index contributed by atoms with van der Waals surface area (Å²) in [5.74, 6) is -0.670. The maximum atomic E-state index is 12.1. The van der Waals surface area contributed by atoms with Crippen molar-refractivity contribution in [1.29, 1.82) is 0 Å². The summed E-state index contributed by atoms with van der Waals surface area (Å²) in [6, 6.07) is 28.9. The van der Waals surface area contributed by atoms with Crippen LogP contribution >= 0.6 is 0 Å². The fraction of sp³-hybridized carbons (Fsp3) is 0.419. The number of unbranched alkanes of at least 4 members (excludes halogenated alkanes) is 1. The van der Waals surface area contributed by atoms with Gasteiger partial charge in [-0.15, -0.1) is 0 Å². The summed E-state index contributed by atoms with van der Waals surface area (Å²) in [7, 11) is -4.41. The second-order valence-electron chi connectivity index (χ2n) is 9.80. The first kappa shape index (κ1) is 30.3. The van der Waals surface area contributed by atoms with E-state index in [1.165, 1.54) is 0 Å². The molecule has 0 saturated carbocycles. The SMILES string of the molecule is CCCCO[C@H]1O[C@H](CS(=O)(=O)O)[C@@H](OCc2ccccc2)[C@H](OCc2ccccc2)[C@H]1OCc1ccccc1. The monoisotopic (exact) mass is 570 g/mol. The molecule has 5 atom stereocenters. The summed E-state index contributed by atoms with van der Waals surface area (Å²) < 4.78 is 65.5. The van der Waals surface area contributed by atoms with Crippen LogP contribution in [0.4, 0.5) is 0 Å². The largest absolute Gasteiger partial charge is 0.368 e. The van der Waals surface area contributed by atoms with E-state index in [0.29, 0.717) is 6.61 Å². The average molecular weight is 571 g/mol. The van der Waals surface area contributed by atoms with Crippen LogP contribution in [0.1, 0.15) is 36.5 Å². The standard InChI is InChI=1S/C31H38O8S/c1-2-3-19-35-31-30(38-22-26-17-11-6-12-18-26)29(37-21-25-15-9-5-10-16-25)28(27(39-31)23-40(32,33)34)36-20-24-13-7-4-8-14-24/h4-18,27-31H,2-3,19-23H2,1H3,(H,32,33,34)/t27-,28-,29+,30-,31+/m1/s1. The third kappa shape index (κ3) is 9.49. The zero-order valence-corrected chi connectivity index (χ0v) is 23.5. The van der Waals surface area contributed by atoms with Crippen molar-refractivity contribution < 1.29 is 36.7 Å². The lowest BCUT2D eigenvalue weighted by Crippen LogP contribution is -2.62. The zero-order valence-electron chi connectivity index (χ0n) is 22.7. The Morgan fingerprint density at radius 3 is 1.57 bits per heavy atom. The van der Waals surface area contributed by atoms with Gasteiger partial charge in [0.2, 0.25) is 0 Å². The molecule has 0 amide bonds. The maximum Gasteiger partial charge on any atom is 0.267 e. The van der Waals surface area contributed by atoms with Gasteiger partial charge < -0.3 is 23.7 Å². The molecule has 40 heavy (non-hydrogen) atoms. The highest BCUT2D eigenvalue weighted by atomic mass is 32.2. The summed E-state index contributed by atoms with van der Waals surface area (Å²) >= 11 is 0. The van der Waals surface area contributed by atoms with Crippen LogP contribution in [-0.4, -0.2) is 56.0 Å². The van der Waals surface area contributed by atoms with Gasteiger partial charge in [0.15, 0.2) is 6.29 Å². The molecular weight excluding hydrogens is 532 g/mol. The van der Waals surface area contributed by atoms with Gasteiger partial charge in [-0.2, -0.15) is 8.42 Å². The number of hydrogen-bond acceptors (Lipinski definition) is 7. The van der Waals surface area contributed by atoms with Gasteiger partial charge in [0, 0.05) is 6.61 Å². The van der Waals surface area contributed by atoms with Crippen LogP contribution in [0.5, 0.6) is 0 Å². The normalized spacial score (nSPS) is 23.2. The molecule has 0 bridgehead atoms. The summed E-state index contributed by atoms with van der Waals surface area (Å²) in [5.41, 5.74) is 2.80. The van der Waals surface area contributed by atoms with Gasteiger partial charge in [-0.3, -0.25) is 4.55 Å². The van der Waals surface area contributed by atoms with E-state index in [1.807, 2.05) is 91.0 Å². The third-order valence-corrected chi connectivity index (χ3v) is 7.35. The van der Waals surface area contributed by atoms with E-state index in [9.17, 15) is 13.0 Å². The van der Waals surface area contributed by atoms with E-state index in [-0.39, 0.29) is 19.8 Å². The van der Waals surface area contributed by atoms with Crippen molar-refractivity contribution in [2.24, 2.45) is 0 Å². The van der Waals surface area contributed by atoms with Gasteiger partial charge in [-0.25, -0.2) is 0 Å². The molecule has 1 saturated heterocycles. The molecule has 0 unspecified atom stereocenters. The number of hydrogen-bond donors (Lipinski definition) is 1. The molecule has 1 heterocycles.